The zero-order valence-electron chi connectivity index (χ0n) is 8.54. The van der Waals surface area contributed by atoms with Crippen molar-refractivity contribution in [3.8, 4) is 6.07 Å². The molecule has 2 rings (SSSR count). The van der Waals surface area contributed by atoms with E-state index >= 15 is 0 Å². The summed E-state index contributed by atoms with van der Waals surface area (Å²) >= 11 is 0. The molecule has 72 valence electrons. The Balaban J connectivity index is 2.52. The lowest BCUT2D eigenvalue weighted by Crippen LogP contribution is -2.24. The average molecular weight is 186 g/mol. The normalized spacial score (nSPS) is 22.9. The van der Waals surface area contributed by atoms with Gasteiger partial charge in [0.2, 0.25) is 0 Å². The monoisotopic (exact) mass is 186 g/mol. The van der Waals surface area contributed by atoms with E-state index in [1.807, 2.05) is 18.2 Å². The first-order valence-electron chi connectivity index (χ1n) is 4.83. The zero-order chi connectivity index (χ0) is 10.3. The van der Waals surface area contributed by atoms with Gasteiger partial charge in [-0.25, -0.2) is 0 Å². The molecule has 1 aromatic rings. The van der Waals surface area contributed by atoms with Crippen molar-refractivity contribution in [3.63, 3.8) is 0 Å². The van der Waals surface area contributed by atoms with Gasteiger partial charge in [-0.1, -0.05) is 19.9 Å². The van der Waals surface area contributed by atoms with Gasteiger partial charge in [-0.15, -0.1) is 0 Å². The molecule has 0 bridgehead atoms. The number of benzene rings is 1. The van der Waals surface area contributed by atoms with Crippen LogP contribution in [-0.2, 0) is 6.42 Å². The highest BCUT2D eigenvalue weighted by Crippen LogP contribution is 2.43. The third-order valence-electron chi connectivity index (χ3n) is 3.10. The summed E-state index contributed by atoms with van der Waals surface area (Å²) in [5.41, 5.74) is 9.41. The van der Waals surface area contributed by atoms with Crippen molar-refractivity contribution in [1.82, 2.24) is 0 Å². The molecule has 0 fully saturated rings. The summed E-state index contributed by atoms with van der Waals surface area (Å²) in [7, 11) is 0. The average Bonchev–Trinajstić information content (AvgIpc) is 2.38. The third-order valence-corrected chi connectivity index (χ3v) is 3.10. The predicted octanol–water partition coefficient (Wildman–Crippen LogP) is 2.14. The van der Waals surface area contributed by atoms with Crippen molar-refractivity contribution < 1.29 is 0 Å². The highest BCUT2D eigenvalue weighted by Gasteiger charge is 2.36. The van der Waals surface area contributed by atoms with Crippen LogP contribution in [0.2, 0.25) is 0 Å². The molecule has 1 atom stereocenters. The molecule has 0 aliphatic heterocycles. The second-order valence-corrected chi connectivity index (χ2v) is 4.67. The SMILES string of the molecule is CC1(C)Cc2ccc(C#N)cc2C1N. The predicted molar refractivity (Wildman–Crippen MR) is 55.6 cm³/mol. The Kier molecular flexibility index (Phi) is 1.87. The Morgan fingerprint density at radius 2 is 2.21 bits per heavy atom. The van der Waals surface area contributed by atoms with Gasteiger partial charge >= 0.3 is 0 Å². The highest BCUT2D eigenvalue weighted by molar-refractivity contribution is 5.44. The van der Waals surface area contributed by atoms with Crippen LogP contribution < -0.4 is 5.73 Å². The van der Waals surface area contributed by atoms with Gasteiger partial charge in [-0.2, -0.15) is 5.26 Å². The minimum atomic E-state index is 0.0609. The summed E-state index contributed by atoms with van der Waals surface area (Å²) in [5.74, 6) is 0. The Morgan fingerprint density at radius 3 is 2.86 bits per heavy atom. The highest BCUT2D eigenvalue weighted by atomic mass is 14.7. The van der Waals surface area contributed by atoms with Crippen LogP contribution >= 0.6 is 0 Å². The number of hydrogen-bond acceptors (Lipinski definition) is 2. The molecular weight excluding hydrogens is 172 g/mol. The first-order chi connectivity index (χ1) is 6.54. The number of nitrogens with two attached hydrogens (primary N) is 1. The van der Waals surface area contributed by atoms with Gasteiger partial charge in [0.15, 0.2) is 0 Å². The van der Waals surface area contributed by atoms with Crippen LogP contribution in [0, 0.1) is 16.7 Å². The quantitative estimate of drug-likeness (QED) is 0.674. The van der Waals surface area contributed by atoms with Gasteiger partial charge in [-0.05, 0) is 35.1 Å². The van der Waals surface area contributed by atoms with E-state index in [9.17, 15) is 0 Å². The first kappa shape index (κ1) is 9.23. The maximum atomic E-state index is 8.79. The molecule has 2 nitrogen and oxygen atoms in total. The minimum Gasteiger partial charge on any atom is -0.323 e. The van der Waals surface area contributed by atoms with Crippen molar-refractivity contribution in [2.45, 2.75) is 26.3 Å². The van der Waals surface area contributed by atoms with E-state index in [1.165, 1.54) is 5.56 Å². The van der Waals surface area contributed by atoms with Gasteiger partial charge in [0.05, 0.1) is 11.6 Å². The van der Waals surface area contributed by atoms with Gasteiger partial charge in [0.25, 0.3) is 0 Å². The topological polar surface area (TPSA) is 49.8 Å². The second-order valence-electron chi connectivity index (χ2n) is 4.67. The minimum absolute atomic E-state index is 0.0609. The van der Waals surface area contributed by atoms with Crippen molar-refractivity contribution >= 4 is 0 Å². The van der Waals surface area contributed by atoms with Crippen LogP contribution in [0.15, 0.2) is 18.2 Å². The summed E-state index contributed by atoms with van der Waals surface area (Å²) in [4.78, 5) is 0. The number of nitrogens with zero attached hydrogens (tertiary/aromatic N) is 1. The summed E-state index contributed by atoms with van der Waals surface area (Å²) in [6, 6.07) is 8.03. The van der Waals surface area contributed by atoms with E-state index in [1.54, 1.807) is 0 Å². The van der Waals surface area contributed by atoms with Crippen LogP contribution in [0.1, 0.15) is 36.6 Å². The summed E-state index contributed by atoms with van der Waals surface area (Å²) in [5, 5.41) is 8.79. The maximum absolute atomic E-state index is 8.79. The first-order valence-corrected chi connectivity index (χ1v) is 4.83. The molecule has 1 aliphatic rings. The van der Waals surface area contributed by atoms with Crippen LogP contribution in [0.5, 0.6) is 0 Å². The molecule has 1 aromatic carbocycles. The number of hydrogen-bond donors (Lipinski definition) is 1. The summed E-state index contributed by atoms with van der Waals surface area (Å²) in [6.07, 6.45) is 1.01. The van der Waals surface area contributed by atoms with Crippen LogP contribution in [-0.4, -0.2) is 0 Å². The summed E-state index contributed by atoms with van der Waals surface area (Å²) < 4.78 is 0. The number of nitriles is 1. The molecule has 2 heteroatoms. The molecule has 2 N–H and O–H groups in total. The number of fused-ring (bicyclic) bond motifs is 1. The largest absolute Gasteiger partial charge is 0.323 e. The lowest BCUT2D eigenvalue weighted by atomic mass is 9.86. The van der Waals surface area contributed by atoms with Crippen LogP contribution in [0.3, 0.4) is 0 Å². The van der Waals surface area contributed by atoms with Crippen molar-refractivity contribution in [1.29, 1.82) is 5.26 Å². The molecule has 0 saturated carbocycles. The molecule has 0 amide bonds. The van der Waals surface area contributed by atoms with Gasteiger partial charge in [0.1, 0.15) is 0 Å². The van der Waals surface area contributed by atoms with E-state index in [0.717, 1.165) is 12.0 Å². The number of rotatable bonds is 0. The van der Waals surface area contributed by atoms with Gasteiger partial charge in [-0.3, -0.25) is 0 Å². The van der Waals surface area contributed by atoms with Gasteiger partial charge < -0.3 is 5.73 Å². The molecule has 1 aliphatic carbocycles. The molecule has 1 unspecified atom stereocenters. The molecule has 0 saturated heterocycles. The Hall–Kier alpha value is -1.33. The Bertz CT molecular complexity index is 413. The molecule has 0 spiro atoms. The molecule has 14 heavy (non-hydrogen) atoms. The fourth-order valence-corrected chi connectivity index (χ4v) is 2.14. The molecular formula is C12H14N2. The maximum Gasteiger partial charge on any atom is 0.0991 e. The Morgan fingerprint density at radius 1 is 1.50 bits per heavy atom. The van der Waals surface area contributed by atoms with E-state index in [-0.39, 0.29) is 11.5 Å². The van der Waals surface area contributed by atoms with Crippen molar-refractivity contribution in [2.75, 3.05) is 0 Å². The zero-order valence-corrected chi connectivity index (χ0v) is 8.54. The lowest BCUT2D eigenvalue weighted by Gasteiger charge is -2.23. The molecule has 0 heterocycles. The fourth-order valence-electron chi connectivity index (χ4n) is 2.14. The molecule has 0 aromatic heterocycles. The van der Waals surface area contributed by atoms with Gasteiger partial charge in [0, 0.05) is 6.04 Å². The Labute approximate surface area is 84.3 Å². The van der Waals surface area contributed by atoms with E-state index in [0.29, 0.717) is 5.56 Å². The molecule has 0 radical (unpaired) electrons. The van der Waals surface area contributed by atoms with Crippen molar-refractivity contribution in [3.05, 3.63) is 34.9 Å². The summed E-state index contributed by atoms with van der Waals surface area (Å²) in [6.45, 7) is 4.34. The lowest BCUT2D eigenvalue weighted by molar-refractivity contribution is 0.319. The standard InChI is InChI=1S/C12H14N2/c1-12(2)6-9-4-3-8(7-13)5-10(9)11(12)14/h3-5,11H,6,14H2,1-2H3. The third kappa shape index (κ3) is 1.21. The van der Waals surface area contributed by atoms with E-state index in [4.69, 9.17) is 11.0 Å². The smallest absolute Gasteiger partial charge is 0.0991 e. The van der Waals surface area contributed by atoms with Crippen LogP contribution in [0.25, 0.3) is 0 Å². The van der Waals surface area contributed by atoms with Crippen molar-refractivity contribution in [2.24, 2.45) is 11.1 Å². The van der Waals surface area contributed by atoms with Crippen LogP contribution in [0.4, 0.5) is 0 Å². The van der Waals surface area contributed by atoms with E-state index < -0.39 is 0 Å². The fraction of sp³-hybridized carbons (Fsp3) is 0.417. The van der Waals surface area contributed by atoms with E-state index in [2.05, 4.69) is 19.9 Å². The second kappa shape index (κ2) is 2.83.